The average Bonchev–Trinajstić information content (AvgIpc) is 2.67. The van der Waals surface area contributed by atoms with Gasteiger partial charge >= 0.3 is 0 Å². The van der Waals surface area contributed by atoms with Crippen LogP contribution in [0, 0.1) is 0 Å². The summed E-state index contributed by atoms with van der Waals surface area (Å²) in [5.41, 5.74) is 0.554. The molecule has 3 nitrogen and oxygen atoms in total. The van der Waals surface area contributed by atoms with Crippen molar-refractivity contribution < 1.29 is 4.79 Å². The van der Waals surface area contributed by atoms with Gasteiger partial charge in [-0.25, -0.2) is 4.98 Å². The molecule has 0 saturated carbocycles. The molecule has 0 aromatic carbocycles. The first-order valence-electron chi connectivity index (χ1n) is 4.13. The van der Waals surface area contributed by atoms with Gasteiger partial charge in [-0.1, -0.05) is 0 Å². The molecule has 2 rings (SSSR count). The first kappa shape index (κ1) is 9.02. The molecule has 70 valence electrons. The van der Waals surface area contributed by atoms with Gasteiger partial charge in [0.15, 0.2) is 11.4 Å². The Hall–Kier alpha value is -0.550. The standard InChI is InChI=1S/C8H10N2OS2/c11-5-7-6-13-8(9-7)10-1-3-12-4-2-10/h5-6H,1-4H2. The average molecular weight is 214 g/mol. The Morgan fingerprint density at radius 2 is 2.23 bits per heavy atom. The highest BCUT2D eigenvalue weighted by Gasteiger charge is 2.13. The number of carbonyl (C=O) groups excluding carboxylic acids is 1. The number of nitrogens with zero attached hydrogens (tertiary/aromatic N) is 2. The number of hydrogen-bond donors (Lipinski definition) is 0. The van der Waals surface area contributed by atoms with Crippen LogP contribution in [-0.4, -0.2) is 35.9 Å². The van der Waals surface area contributed by atoms with Gasteiger partial charge in [0.2, 0.25) is 0 Å². The fourth-order valence-electron chi connectivity index (χ4n) is 1.23. The summed E-state index contributed by atoms with van der Waals surface area (Å²) in [5.74, 6) is 2.33. The van der Waals surface area contributed by atoms with E-state index >= 15 is 0 Å². The summed E-state index contributed by atoms with van der Waals surface area (Å²) >= 11 is 3.53. The summed E-state index contributed by atoms with van der Waals surface area (Å²) in [7, 11) is 0. The normalized spacial score (nSPS) is 17.4. The lowest BCUT2D eigenvalue weighted by molar-refractivity contribution is 0.111. The number of thioether (sulfide) groups is 1. The minimum absolute atomic E-state index is 0.554. The van der Waals surface area contributed by atoms with Crippen LogP contribution in [0.25, 0.3) is 0 Å². The van der Waals surface area contributed by atoms with Crippen LogP contribution in [0.1, 0.15) is 10.5 Å². The van der Waals surface area contributed by atoms with Crippen molar-refractivity contribution in [2.45, 2.75) is 0 Å². The van der Waals surface area contributed by atoms with Crippen LogP contribution < -0.4 is 4.90 Å². The molecule has 0 unspecified atom stereocenters. The van der Waals surface area contributed by atoms with Crippen molar-refractivity contribution in [3.63, 3.8) is 0 Å². The highest BCUT2D eigenvalue weighted by Crippen LogP contribution is 2.22. The van der Waals surface area contributed by atoms with Gasteiger partial charge in [0.1, 0.15) is 5.69 Å². The van der Waals surface area contributed by atoms with E-state index in [9.17, 15) is 4.79 Å². The lowest BCUT2D eigenvalue weighted by atomic mass is 10.5. The fraction of sp³-hybridized carbons (Fsp3) is 0.500. The van der Waals surface area contributed by atoms with E-state index < -0.39 is 0 Å². The fourth-order valence-corrected chi connectivity index (χ4v) is 2.96. The molecule has 0 amide bonds. The molecule has 1 saturated heterocycles. The Kier molecular flexibility index (Phi) is 2.85. The highest BCUT2D eigenvalue weighted by molar-refractivity contribution is 7.99. The molecular formula is C8H10N2OS2. The summed E-state index contributed by atoms with van der Waals surface area (Å²) in [4.78, 5) is 16.9. The highest BCUT2D eigenvalue weighted by atomic mass is 32.2. The van der Waals surface area contributed by atoms with Crippen molar-refractivity contribution >= 4 is 34.5 Å². The SMILES string of the molecule is O=Cc1csc(N2CCSCC2)n1. The number of hydrogen-bond acceptors (Lipinski definition) is 5. The largest absolute Gasteiger partial charge is 0.346 e. The molecule has 1 aromatic heterocycles. The molecular weight excluding hydrogens is 204 g/mol. The second kappa shape index (κ2) is 4.11. The molecule has 0 N–H and O–H groups in total. The van der Waals surface area contributed by atoms with E-state index in [-0.39, 0.29) is 0 Å². The van der Waals surface area contributed by atoms with Crippen LogP contribution >= 0.6 is 23.1 Å². The summed E-state index contributed by atoms with van der Waals surface area (Å²) < 4.78 is 0. The van der Waals surface area contributed by atoms with Crippen LogP contribution in [-0.2, 0) is 0 Å². The molecule has 0 radical (unpaired) electrons. The predicted molar refractivity (Wildman–Crippen MR) is 57.0 cm³/mol. The lowest BCUT2D eigenvalue weighted by Gasteiger charge is -2.25. The third-order valence-corrected chi connectivity index (χ3v) is 3.77. The first-order chi connectivity index (χ1) is 6.40. The number of thiazole rings is 1. The molecule has 1 aliphatic rings. The van der Waals surface area contributed by atoms with Gasteiger partial charge in [-0.3, -0.25) is 4.79 Å². The van der Waals surface area contributed by atoms with Gasteiger partial charge in [-0.2, -0.15) is 11.8 Å². The third-order valence-electron chi connectivity index (χ3n) is 1.91. The second-order valence-electron chi connectivity index (χ2n) is 2.77. The van der Waals surface area contributed by atoms with E-state index in [1.807, 2.05) is 17.1 Å². The van der Waals surface area contributed by atoms with E-state index in [1.54, 1.807) is 11.3 Å². The second-order valence-corrected chi connectivity index (χ2v) is 4.83. The number of rotatable bonds is 2. The lowest BCUT2D eigenvalue weighted by Crippen LogP contribution is -2.32. The minimum Gasteiger partial charge on any atom is -0.346 e. The van der Waals surface area contributed by atoms with Crippen LogP contribution in [0.15, 0.2) is 5.38 Å². The zero-order valence-electron chi connectivity index (χ0n) is 7.10. The number of anilines is 1. The molecule has 0 spiro atoms. The van der Waals surface area contributed by atoms with Crippen molar-refractivity contribution in [1.82, 2.24) is 4.98 Å². The van der Waals surface area contributed by atoms with Crippen molar-refractivity contribution in [2.24, 2.45) is 0 Å². The topological polar surface area (TPSA) is 33.2 Å². The zero-order valence-corrected chi connectivity index (χ0v) is 8.74. The number of aldehydes is 1. The van der Waals surface area contributed by atoms with Crippen molar-refractivity contribution in [1.29, 1.82) is 0 Å². The molecule has 13 heavy (non-hydrogen) atoms. The molecule has 0 bridgehead atoms. The van der Waals surface area contributed by atoms with Crippen LogP contribution in [0.3, 0.4) is 0 Å². The van der Waals surface area contributed by atoms with Crippen molar-refractivity contribution in [2.75, 3.05) is 29.5 Å². The maximum atomic E-state index is 10.4. The van der Waals surface area contributed by atoms with E-state index in [2.05, 4.69) is 9.88 Å². The maximum Gasteiger partial charge on any atom is 0.186 e. The number of aromatic nitrogens is 1. The molecule has 2 heterocycles. The first-order valence-corrected chi connectivity index (χ1v) is 6.17. The van der Waals surface area contributed by atoms with Crippen molar-refractivity contribution in [3.8, 4) is 0 Å². The van der Waals surface area contributed by atoms with Crippen LogP contribution in [0.2, 0.25) is 0 Å². The Labute approximate surface area is 85.2 Å². The van der Waals surface area contributed by atoms with E-state index in [0.717, 1.165) is 36.0 Å². The minimum atomic E-state index is 0.554. The van der Waals surface area contributed by atoms with Crippen LogP contribution in [0.5, 0.6) is 0 Å². The third kappa shape index (κ3) is 2.03. The predicted octanol–water partition coefficient (Wildman–Crippen LogP) is 1.51. The van der Waals surface area contributed by atoms with E-state index in [0.29, 0.717) is 5.69 Å². The molecule has 1 fully saturated rings. The van der Waals surface area contributed by atoms with Gasteiger partial charge in [0.05, 0.1) is 0 Å². The van der Waals surface area contributed by atoms with Gasteiger partial charge in [0, 0.05) is 30.0 Å². The van der Waals surface area contributed by atoms with Gasteiger partial charge in [-0.05, 0) is 0 Å². The molecule has 1 aliphatic heterocycles. The monoisotopic (exact) mass is 214 g/mol. The van der Waals surface area contributed by atoms with Crippen LogP contribution in [0.4, 0.5) is 5.13 Å². The Morgan fingerprint density at radius 3 is 2.85 bits per heavy atom. The van der Waals surface area contributed by atoms with E-state index in [1.165, 1.54) is 0 Å². The maximum absolute atomic E-state index is 10.4. The summed E-state index contributed by atoms with van der Waals surface area (Å²) in [6.07, 6.45) is 0.804. The molecule has 5 heteroatoms. The number of carbonyl (C=O) groups is 1. The summed E-state index contributed by atoms with van der Waals surface area (Å²) in [5, 5.41) is 2.80. The summed E-state index contributed by atoms with van der Waals surface area (Å²) in [6.45, 7) is 2.10. The Bertz CT molecular complexity index is 294. The Morgan fingerprint density at radius 1 is 1.46 bits per heavy atom. The molecule has 0 aliphatic carbocycles. The molecule has 0 atom stereocenters. The van der Waals surface area contributed by atoms with Gasteiger partial charge in [0.25, 0.3) is 0 Å². The van der Waals surface area contributed by atoms with Crippen molar-refractivity contribution in [3.05, 3.63) is 11.1 Å². The smallest absolute Gasteiger partial charge is 0.186 e. The zero-order chi connectivity index (χ0) is 9.10. The van der Waals surface area contributed by atoms with Gasteiger partial charge < -0.3 is 4.90 Å². The molecule has 1 aromatic rings. The van der Waals surface area contributed by atoms with Gasteiger partial charge in [-0.15, -0.1) is 11.3 Å². The summed E-state index contributed by atoms with van der Waals surface area (Å²) in [6, 6.07) is 0. The quantitative estimate of drug-likeness (QED) is 0.699. The van der Waals surface area contributed by atoms with E-state index in [4.69, 9.17) is 0 Å². The Balaban J connectivity index is 2.09.